The maximum Gasteiger partial charge on any atom is 0.176 e. The van der Waals surface area contributed by atoms with Crippen LogP contribution in [0, 0.1) is 5.41 Å². The molecule has 4 heteroatoms. The Kier molecular flexibility index (Phi) is 4.73. The molecule has 2 heterocycles. The summed E-state index contributed by atoms with van der Waals surface area (Å²) in [4.78, 5) is 0. The zero-order chi connectivity index (χ0) is 24.9. The predicted octanol–water partition coefficient (Wildman–Crippen LogP) is 8.20. The highest BCUT2D eigenvalue weighted by molar-refractivity contribution is 6.18. The lowest BCUT2D eigenvalue weighted by molar-refractivity contribution is 0.606. The van der Waals surface area contributed by atoms with Crippen LogP contribution in [0.2, 0.25) is 0 Å². The second-order valence-corrected chi connectivity index (χ2v) is 9.22. The van der Waals surface area contributed by atoms with Gasteiger partial charge in [-0.15, -0.1) is 0 Å². The largest absolute Gasteiger partial charge is 0.452 e. The molecule has 5 aromatic carbocycles. The molecule has 4 nitrogen and oxygen atoms in total. The molecule has 0 aliphatic heterocycles. The van der Waals surface area contributed by atoms with E-state index in [1.165, 1.54) is 11.1 Å². The highest BCUT2D eigenvalue weighted by atomic mass is 16.3. The Bertz CT molecular complexity index is 1960. The van der Waals surface area contributed by atoms with E-state index in [9.17, 15) is 0 Å². The number of hydrogen-bond donors (Lipinski definition) is 2. The highest BCUT2D eigenvalue weighted by Gasteiger charge is 2.19. The van der Waals surface area contributed by atoms with E-state index in [-0.39, 0.29) is 5.71 Å². The third kappa shape index (κ3) is 3.34. The third-order valence-electron chi connectivity index (χ3n) is 7.03. The molecule has 7 aromatic rings. The number of fused-ring (bicyclic) bond motifs is 4. The third-order valence-corrected chi connectivity index (χ3v) is 7.03. The van der Waals surface area contributed by atoms with Gasteiger partial charge in [0.1, 0.15) is 11.3 Å². The van der Waals surface area contributed by atoms with Gasteiger partial charge in [0.2, 0.25) is 0 Å². The maximum absolute atomic E-state index is 8.94. The SMILES string of the molecule is N=C(c1ccc2c(c1)c1ccccc1n2-c1cccc(-c2ccccc2)c1)c1oc2ccccc2c1N. The zero-order valence-corrected chi connectivity index (χ0v) is 20.0. The van der Waals surface area contributed by atoms with Crippen molar-refractivity contribution < 1.29 is 4.42 Å². The normalized spacial score (nSPS) is 11.5. The lowest BCUT2D eigenvalue weighted by Gasteiger charge is -2.11. The van der Waals surface area contributed by atoms with E-state index in [0.29, 0.717) is 17.0 Å². The molecule has 0 saturated heterocycles. The first-order valence-corrected chi connectivity index (χ1v) is 12.2. The van der Waals surface area contributed by atoms with Gasteiger partial charge in [-0.3, -0.25) is 5.41 Å². The van der Waals surface area contributed by atoms with Crippen molar-refractivity contribution in [2.45, 2.75) is 0 Å². The number of hydrogen-bond acceptors (Lipinski definition) is 3. The number of aromatic nitrogens is 1. The Balaban J connectivity index is 1.40. The van der Waals surface area contributed by atoms with Crippen LogP contribution < -0.4 is 5.73 Å². The summed E-state index contributed by atoms with van der Waals surface area (Å²) in [6.07, 6.45) is 0. The fraction of sp³-hybridized carbons (Fsp3) is 0. The number of rotatable bonds is 4. The Morgan fingerprint density at radius 3 is 2.16 bits per heavy atom. The van der Waals surface area contributed by atoms with Gasteiger partial charge in [-0.05, 0) is 53.6 Å². The zero-order valence-electron chi connectivity index (χ0n) is 20.0. The standard InChI is InChI=1S/C33H23N3O/c34-31(33-32(35)26-14-5-7-16-30(26)37-33)23-17-18-29-27(20-23)25-13-4-6-15-28(25)36(29)24-12-8-11-22(19-24)21-9-2-1-3-10-21/h1-20,34H,35H2. The molecular weight excluding hydrogens is 454 g/mol. The minimum atomic E-state index is 0.276. The van der Waals surface area contributed by atoms with E-state index in [1.807, 2.05) is 36.4 Å². The second-order valence-electron chi connectivity index (χ2n) is 9.22. The minimum absolute atomic E-state index is 0.276. The van der Waals surface area contributed by atoms with Gasteiger partial charge in [-0.2, -0.15) is 0 Å². The number of anilines is 1. The summed E-state index contributed by atoms with van der Waals surface area (Å²) in [6.45, 7) is 0. The quantitative estimate of drug-likeness (QED) is 0.251. The number of nitrogens with two attached hydrogens (primary N) is 1. The smallest absolute Gasteiger partial charge is 0.176 e. The molecule has 0 unspecified atom stereocenters. The van der Waals surface area contributed by atoms with Gasteiger partial charge in [-0.25, -0.2) is 0 Å². The van der Waals surface area contributed by atoms with Crippen LogP contribution in [0.5, 0.6) is 0 Å². The molecule has 37 heavy (non-hydrogen) atoms. The number of furan rings is 1. The molecule has 0 saturated carbocycles. The Labute approximate surface area is 213 Å². The summed E-state index contributed by atoms with van der Waals surface area (Å²) in [6, 6.07) is 41.2. The van der Waals surface area contributed by atoms with E-state index in [1.54, 1.807) is 0 Å². The summed E-state index contributed by atoms with van der Waals surface area (Å²) >= 11 is 0. The monoisotopic (exact) mass is 477 g/mol. The molecular formula is C33H23N3O. The summed E-state index contributed by atoms with van der Waals surface area (Å²) in [5, 5.41) is 12.0. The molecule has 7 rings (SSSR count). The summed E-state index contributed by atoms with van der Waals surface area (Å²) < 4.78 is 8.28. The molecule has 0 aliphatic rings. The van der Waals surface area contributed by atoms with Crippen molar-refractivity contribution in [3.8, 4) is 16.8 Å². The number of nitrogens with one attached hydrogen (secondary N) is 1. The van der Waals surface area contributed by atoms with Crippen molar-refractivity contribution in [1.29, 1.82) is 5.41 Å². The molecule has 0 amide bonds. The fourth-order valence-electron chi connectivity index (χ4n) is 5.24. The van der Waals surface area contributed by atoms with E-state index in [4.69, 9.17) is 15.6 Å². The Morgan fingerprint density at radius 1 is 0.622 bits per heavy atom. The maximum atomic E-state index is 8.94. The van der Waals surface area contributed by atoms with E-state index in [0.717, 1.165) is 38.4 Å². The summed E-state index contributed by atoms with van der Waals surface area (Å²) in [7, 11) is 0. The first-order chi connectivity index (χ1) is 18.2. The van der Waals surface area contributed by atoms with E-state index >= 15 is 0 Å². The number of nitrogen functional groups attached to an aromatic ring is 1. The van der Waals surface area contributed by atoms with Gasteiger partial charge >= 0.3 is 0 Å². The fourth-order valence-corrected chi connectivity index (χ4v) is 5.24. The van der Waals surface area contributed by atoms with Gasteiger partial charge in [0.05, 0.1) is 16.7 Å². The van der Waals surface area contributed by atoms with Crippen molar-refractivity contribution >= 4 is 44.2 Å². The van der Waals surface area contributed by atoms with Crippen LogP contribution in [-0.4, -0.2) is 10.3 Å². The van der Waals surface area contributed by atoms with Crippen LogP contribution in [0.4, 0.5) is 5.69 Å². The van der Waals surface area contributed by atoms with Gasteiger partial charge < -0.3 is 14.7 Å². The lowest BCUT2D eigenvalue weighted by Crippen LogP contribution is -2.03. The molecule has 0 radical (unpaired) electrons. The van der Waals surface area contributed by atoms with Crippen molar-refractivity contribution in [3.63, 3.8) is 0 Å². The van der Waals surface area contributed by atoms with Gasteiger partial charge in [0.15, 0.2) is 5.76 Å². The van der Waals surface area contributed by atoms with Gasteiger partial charge in [0.25, 0.3) is 0 Å². The second kappa shape index (κ2) is 8.25. The van der Waals surface area contributed by atoms with E-state index in [2.05, 4.69) is 89.5 Å². The molecule has 3 N–H and O–H groups in total. The van der Waals surface area contributed by atoms with Crippen molar-refractivity contribution in [1.82, 2.24) is 4.57 Å². The van der Waals surface area contributed by atoms with Crippen LogP contribution in [0.1, 0.15) is 11.3 Å². The molecule has 0 atom stereocenters. The molecule has 0 fully saturated rings. The highest BCUT2D eigenvalue weighted by Crippen LogP contribution is 2.35. The Hall–Kier alpha value is -5.09. The van der Waals surface area contributed by atoms with Crippen molar-refractivity contribution in [3.05, 3.63) is 133 Å². The van der Waals surface area contributed by atoms with E-state index < -0.39 is 0 Å². The van der Waals surface area contributed by atoms with Crippen molar-refractivity contribution in [2.24, 2.45) is 0 Å². The van der Waals surface area contributed by atoms with Crippen LogP contribution in [0.3, 0.4) is 0 Å². The molecule has 2 aromatic heterocycles. The van der Waals surface area contributed by atoms with Crippen LogP contribution in [0.15, 0.2) is 126 Å². The number of nitrogens with zero attached hydrogens (tertiary/aromatic N) is 1. The van der Waals surface area contributed by atoms with Gasteiger partial charge in [-0.1, -0.05) is 78.9 Å². The summed E-state index contributed by atoms with van der Waals surface area (Å²) in [5.74, 6) is 0.403. The molecule has 176 valence electrons. The number of benzene rings is 5. The Morgan fingerprint density at radius 2 is 1.32 bits per heavy atom. The van der Waals surface area contributed by atoms with Crippen molar-refractivity contribution in [2.75, 3.05) is 5.73 Å². The minimum Gasteiger partial charge on any atom is -0.452 e. The average Bonchev–Trinajstić information content (AvgIpc) is 3.48. The molecule has 0 aliphatic carbocycles. The first kappa shape index (κ1) is 21.2. The predicted molar refractivity (Wildman–Crippen MR) is 153 cm³/mol. The average molecular weight is 478 g/mol. The van der Waals surface area contributed by atoms with Crippen LogP contribution in [-0.2, 0) is 0 Å². The molecule has 0 spiro atoms. The first-order valence-electron chi connectivity index (χ1n) is 12.2. The summed E-state index contributed by atoms with van der Waals surface area (Å²) in [5.41, 5.74) is 14.3. The van der Waals surface area contributed by atoms with Crippen LogP contribution >= 0.6 is 0 Å². The van der Waals surface area contributed by atoms with Crippen LogP contribution in [0.25, 0.3) is 49.6 Å². The lowest BCUT2D eigenvalue weighted by atomic mass is 10.0. The number of para-hydroxylation sites is 2. The molecule has 0 bridgehead atoms. The van der Waals surface area contributed by atoms with Gasteiger partial charge in [0, 0.05) is 27.4 Å². The topological polar surface area (TPSA) is 67.9 Å².